The van der Waals surface area contributed by atoms with E-state index in [1.807, 2.05) is 25.1 Å². The highest BCUT2D eigenvalue weighted by molar-refractivity contribution is 8.18. The first kappa shape index (κ1) is 25.6. The first-order valence-corrected chi connectivity index (χ1v) is 12.1. The summed E-state index contributed by atoms with van der Waals surface area (Å²) < 4.78 is 0. The number of aromatic hydroxyl groups is 1. The summed E-state index contributed by atoms with van der Waals surface area (Å²) in [4.78, 5) is 31.0. The average Bonchev–Trinajstić information content (AvgIpc) is 3.01. The summed E-state index contributed by atoms with van der Waals surface area (Å²) in [6.07, 6.45) is 1.86. The number of amides is 1. The van der Waals surface area contributed by atoms with Crippen molar-refractivity contribution in [2.24, 2.45) is 4.99 Å². The lowest BCUT2D eigenvalue weighted by molar-refractivity contribution is -0.122. The highest BCUT2D eigenvalue weighted by Gasteiger charge is 2.33. The summed E-state index contributed by atoms with van der Waals surface area (Å²) >= 11 is 1.29. The molecule has 6 nitrogen and oxygen atoms in total. The van der Waals surface area contributed by atoms with Crippen molar-refractivity contribution in [1.29, 1.82) is 0 Å². The quantitative estimate of drug-likeness (QED) is 0.501. The van der Waals surface area contributed by atoms with E-state index in [1.165, 1.54) is 23.9 Å². The molecule has 1 aliphatic heterocycles. The molecule has 0 unspecified atom stereocenters. The molecule has 2 N–H and O–H groups in total. The standard InChI is InChI=1S/C27H32N2O4S/c1-8-29-23(31)21(34-25(29)28-18-11-9-17(10-12-18)24(32)33)15-16-13-19(26(2,3)4)22(30)20(14-16)27(5,6)7/h9-15,30H,8H2,1-7H3,(H,32,33)/b21-15-,28-25?. The molecule has 0 saturated carbocycles. The minimum atomic E-state index is -0.997. The second-order valence-electron chi connectivity index (χ2n) is 10.4. The highest BCUT2D eigenvalue weighted by atomic mass is 32.2. The third-order valence-corrected chi connectivity index (χ3v) is 6.60. The van der Waals surface area contributed by atoms with Crippen LogP contribution in [0.3, 0.4) is 0 Å². The lowest BCUT2D eigenvalue weighted by atomic mass is 9.78. The maximum Gasteiger partial charge on any atom is 0.335 e. The number of thioether (sulfide) groups is 1. The van der Waals surface area contributed by atoms with Gasteiger partial charge in [-0.05, 0) is 77.6 Å². The molecule has 2 aromatic carbocycles. The number of carbonyl (C=O) groups is 2. The number of phenolic OH excluding ortho intramolecular Hbond substituents is 1. The van der Waals surface area contributed by atoms with Gasteiger partial charge in [-0.2, -0.15) is 0 Å². The Morgan fingerprint density at radius 2 is 1.56 bits per heavy atom. The van der Waals surface area contributed by atoms with Crippen molar-refractivity contribution >= 4 is 40.6 Å². The second-order valence-corrected chi connectivity index (χ2v) is 11.4. The molecule has 1 fully saturated rings. The molecule has 34 heavy (non-hydrogen) atoms. The smallest absolute Gasteiger partial charge is 0.335 e. The third kappa shape index (κ3) is 5.36. The first-order valence-electron chi connectivity index (χ1n) is 11.2. The number of hydrogen-bond acceptors (Lipinski definition) is 5. The fourth-order valence-electron chi connectivity index (χ4n) is 3.69. The lowest BCUT2D eigenvalue weighted by Gasteiger charge is -2.28. The van der Waals surface area contributed by atoms with E-state index in [0.717, 1.165) is 16.7 Å². The van der Waals surface area contributed by atoms with E-state index >= 15 is 0 Å². The van der Waals surface area contributed by atoms with Crippen LogP contribution in [0.2, 0.25) is 0 Å². The number of phenols is 1. The zero-order valence-electron chi connectivity index (χ0n) is 20.8. The predicted molar refractivity (Wildman–Crippen MR) is 139 cm³/mol. The molecule has 7 heteroatoms. The molecular weight excluding hydrogens is 448 g/mol. The summed E-state index contributed by atoms with van der Waals surface area (Å²) in [5.74, 6) is -0.825. The molecule has 1 heterocycles. The van der Waals surface area contributed by atoms with E-state index in [1.54, 1.807) is 17.0 Å². The van der Waals surface area contributed by atoms with Gasteiger partial charge in [-0.15, -0.1) is 0 Å². The number of carboxylic acids is 1. The van der Waals surface area contributed by atoms with E-state index in [0.29, 0.717) is 28.1 Å². The largest absolute Gasteiger partial charge is 0.507 e. The van der Waals surface area contributed by atoms with Crippen LogP contribution in [0.1, 0.15) is 75.5 Å². The summed E-state index contributed by atoms with van der Waals surface area (Å²) in [6.45, 7) is 14.7. The van der Waals surface area contributed by atoms with Crippen LogP contribution in [0.25, 0.3) is 6.08 Å². The van der Waals surface area contributed by atoms with Gasteiger partial charge in [0, 0.05) is 17.7 Å². The van der Waals surface area contributed by atoms with E-state index in [2.05, 4.69) is 46.5 Å². The van der Waals surface area contributed by atoms with Gasteiger partial charge in [-0.1, -0.05) is 41.5 Å². The van der Waals surface area contributed by atoms with Crippen LogP contribution in [-0.2, 0) is 15.6 Å². The maximum absolute atomic E-state index is 13.1. The number of hydrogen-bond donors (Lipinski definition) is 2. The zero-order chi connectivity index (χ0) is 25.4. The Kier molecular flexibility index (Phi) is 6.99. The Balaban J connectivity index is 2.05. The SMILES string of the molecule is CCN1C(=O)/C(=C/c2cc(C(C)(C)C)c(O)c(C(C)(C)C)c2)SC1=Nc1ccc(C(=O)O)cc1. The molecule has 0 radical (unpaired) electrons. The molecule has 1 aliphatic rings. The Morgan fingerprint density at radius 1 is 1.03 bits per heavy atom. The molecule has 1 saturated heterocycles. The summed E-state index contributed by atoms with van der Waals surface area (Å²) in [7, 11) is 0. The summed E-state index contributed by atoms with van der Waals surface area (Å²) in [6, 6.07) is 10.1. The normalized spacial score (nSPS) is 17.1. The minimum Gasteiger partial charge on any atom is -0.507 e. The van der Waals surface area contributed by atoms with E-state index in [9.17, 15) is 14.7 Å². The van der Waals surface area contributed by atoms with Crippen molar-refractivity contribution in [3.05, 3.63) is 63.6 Å². The molecule has 3 rings (SSSR count). The molecular formula is C27H32N2O4S. The van der Waals surface area contributed by atoms with Crippen molar-refractivity contribution < 1.29 is 19.8 Å². The number of aromatic carboxylic acids is 1. The van der Waals surface area contributed by atoms with Crippen LogP contribution in [-0.4, -0.2) is 38.7 Å². The first-order chi connectivity index (χ1) is 15.7. The summed E-state index contributed by atoms with van der Waals surface area (Å²) in [5.41, 5.74) is 2.75. The Hall–Kier alpha value is -3.06. The summed E-state index contributed by atoms with van der Waals surface area (Å²) in [5, 5.41) is 20.6. The van der Waals surface area contributed by atoms with E-state index in [-0.39, 0.29) is 22.3 Å². The van der Waals surface area contributed by atoms with Gasteiger partial charge in [0.1, 0.15) is 5.75 Å². The van der Waals surface area contributed by atoms with E-state index < -0.39 is 5.97 Å². The van der Waals surface area contributed by atoms with Crippen molar-refractivity contribution in [2.45, 2.75) is 59.3 Å². The molecule has 0 spiro atoms. The number of amidine groups is 1. The fourth-order valence-corrected chi connectivity index (χ4v) is 4.76. The van der Waals surface area contributed by atoms with Crippen molar-refractivity contribution in [1.82, 2.24) is 4.90 Å². The maximum atomic E-state index is 13.1. The van der Waals surface area contributed by atoms with Crippen LogP contribution < -0.4 is 0 Å². The molecule has 0 aliphatic carbocycles. The Morgan fingerprint density at radius 3 is 2.00 bits per heavy atom. The van der Waals surface area contributed by atoms with Crippen LogP contribution >= 0.6 is 11.8 Å². The van der Waals surface area contributed by atoms with Gasteiger partial charge in [0.2, 0.25) is 0 Å². The van der Waals surface area contributed by atoms with Crippen molar-refractivity contribution in [2.75, 3.05) is 6.54 Å². The zero-order valence-corrected chi connectivity index (χ0v) is 21.6. The predicted octanol–water partition coefficient (Wildman–Crippen LogP) is 6.31. The number of nitrogens with zero attached hydrogens (tertiary/aromatic N) is 2. The Bertz CT molecular complexity index is 1150. The van der Waals surface area contributed by atoms with Crippen LogP contribution in [0.15, 0.2) is 46.3 Å². The van der Waals surface area contributed by atoms with E-state index in [4.69, 9.17) is 5.11 Å². The van der Waals surface area contributed by atoms with Gasteiger partial charge < -0.3 is 10.2 Å². The van der Waals surface area contributed by atoms with Gasteiger partial charge in [0.15, 0.2) is 5.17 Å². The second kappa shape index (κ2) is 9.29. The highest BCUT2D eigenvalue weighted by Crippen LogP contribution is 2.41. The van der Waals surface area contributed by atoms with Gasteiger partial charge in [-0.25, -0.2) is 9.79 Å². The molecule has 2 aromatic rings. The van der Waals surface area contributed by atoms with Crippen LogP contribution in [0.5, 0.6) is 5.75 Å². The molecule has 1 amide bonds. The number of carbonyl (C=O) groups excluding carboxylic acids is 1. The number of likely N-dealkylation sites (N-methyl/N-ethyl adjacent to an activating group) is 1. The van der Waals surface area contributed by atoms with Crippen molar-refractivity contribution in [3.63, 3.8) is 0 Å². The fraction of sp³-hybridized carbons (Fsp3) is 0.370. The number of aliphatic imine (C=N–C) groups is 1. The van der Waals surface area contributed by atoms with Crippen molar-refractivity contribution in [3.8, 4) is 5.75 Å². The van der Waals surface area contributed by atoms with Gasteiger partial charge >= 0.3 is 5.97 Å². The number of benzene rings is 2. The molecule has 180 valence electrons. The van der Waals surface area contributed by atoms with Crippen LogP contribution in [0, 0.1) is 0 Å². The topological polar surface area (TPSA) is 90.2 Å². The molecule has 0 aromatic heterocycles. The van der Waals surface area contributed by atoms with Gasteiger partial charge in [0.05, 0.1) is 16.2 Å². The monoisotopic (exact) mass is 480 g/mol. The lowest BCUT2D eigenvalue weighted by Crippen LogP contribution is -2.28. The van der Waals surface area contributed by atoms with Gasteiger partial charge in [0.25, 0.3) is 5.91 Å². The minimum absolute atomic E-state index is 0.129. The number of carboxylic acid groups (broad SMARTS) is 1. The Labute approximate surface area is 205 Å². The molecule has 0 bridgehead atoms. The van der Waals surface area contributed by atoms with Gasteiger partial charge in [-0.3, -0.25) is 9.69 Å². The average molecular weight is 481 g/mol. The van der Waals surface area contributed by atoms with Crippen LogP contribution in [0.4, 0.5) is 5.69 Å². The number of rotatable bonds is 4. The molecule has 0 atom stereocenters. The third-order valence-electron chi connectivity index (χ3n) is 5.59.